The maximum Gasteiger partial charge on any atom is 0.251 e. The number of aryl methyl sites for hydroxylation is 2. The highest BCUT2D eigenvalue weighted by Crippen LogP contribution is 2.12. The number of hydrogen-bond acceptors (Lipinski definition) is 3. The molecule has 2 rings (SSSR count). The van der Waals surface area contributed by atoms with Crippen LogP contribution in [0.15, 0.2) is 36.5 Å². The molecule has 0 unspecified atom stereocenters. The molecule has 1 N–H and O–H groups in total. The van der Waals surface area contributed by atoms with Gasteiger partial charge >= 0.3 is 0 Å². The number of nitrogens with one attached hydrogen (secondary N) is 1. The fourth-order valence-electron chi connectivity index (χ4n) is 1.93. The van der Waals surface area contributed by atoms with Crippen molar-refractivity contribution in [3.63, 3.8) is 0 Å². The van der Waals surface area contributed by atoms with Crippen molar-refractivity contribution in [1.82, 2.24) is 15.1 Å². The summed E-state index contributed by atoms with van der Waals surface area (Å²) in [6, 6.07) is 9.09. The van der Waals surface area contributed by atoms with Crippen LogP contribution in [0.25, 0.3) is 0 Å². The van der Waals surface area contributed by atoms with Crippen molar-refractivity contribution in [2.24, 2.45) is 0 Å². The van der Waals surface area contributed by atoms with Gasteiger partial charge in [-0.15, -0.1) is 0 Å². The zero-order valence-corrected chi connectivity index (χ0v) is 11.8. The standard InChI is InChI=1S/C15H19N3O2/c1-12-7-9-17-18(12)10-4-8-16-15(19)13-5-3-6-14(11-13)20-2/h3,5-7,9,11H,4,8,10H2,1-2H3,(H,16,19). The second-order valence-corrected chi connectivity index (χ2v) is 4.54. The van der Waals surface area contributed by atoms with Crippen LogP contribution in [-0.2, 0) is 6.54 Å². The number of amides is 1. The Hall–Kier alpha value is -2.30. The molecule has 1 heterocycles. The zero-order valence-electron chi connectivity index (χ0n) is 11.8. The average molecular weight is 273 g/mol. The van der Waals surface area contributed by atoms with Gasteiger partial charge in [0, 0.05) is 30.5 Å². The third-order valence-corrected chi connectivity index (χ3v) is 3.09. The maximum atomic E-state index is 12.0. The van der Waals surface area contributed by atoms with Crippen LogP contribution < -0.4 is 10.1 Å². The Kier molecular flexibility index (Phi) is 4.76. The van der Waals surface area contributed by atoms with Crippen molar-refractivity contribution in [3.8, 4) is 5.75 Å². The third-order valence-electron chi connectivity index (χ3n) is 3.09. The van der Waals surface area contributed by atoms with Crippen molar-refractivity contribution in [3.05, 3.63) is 47.8 Å². The highest BCUT2D eigenvalue weighted by Gasteiger charge is 2.05. The molecule has 0 radical (unpaired) electrons. The Balaban J connectivity index is 1.79. The number of rotatable bonds is 6. The quantitative estimate of drug-likeness (QED) is 0.819. The molecule has 1 aromatic carbocycles. The van der Waals surface area contributed by atoms with Crippen LogP contribution in [-0.4, -0.2) is 29.3 Å². The molecule has 1 amide bonds. The molecule has 1 aromatic heterocycles. The Labute approximate surface area is 118 Å². The monoisotopic (exact) mass is 273 g/mol. The first-order chi connectivity index (χ1) is 9.70. The minimum atomic E-state index is -0.0823. The van der Waals surface area contributed by atoms with E-state index in [-0.39, 0.29) is 5.91 Å². The molecule has 0 aliphatic carbocycles. The molecule has 0 aliphatic rings. The lowest BCUT2D eigenvalue weighted by Crippen LogP contribution is -2.25. The van der Waals surface area contributed by atoms with E-state index in [1.165, 1.54) is 0 Å². The predicted molar refractivity (Wildman–Crippen MR) is 76.9 cm³/mol. The van der Waals surface area contributed by atoms with Crippen LogP contribution in [0.4, 0.5) is 0 Å². The molecule has 0 atom stereocenters. The molecule has 0 spiro atoms. The summed E-state index contributed by atoms with van der Waals surface area (Å²) in [6.45, 7) is 3.44. The summed E-state index contributed by atoms with van der Waals surface area (Å²) >= 11 is 0. The topological polar surface area (TPSA) is 56.1 Å². The SMILES string of the molecule is COc1cccc(C(=O)NCCCn2nccc2C)c1. The number of ether oxygens (including phenoxy) is 1. The number of hydrogen-bond donors (Lipinski definition) is 1. The zero-order chi connectivity index (χ0) is 14.4. The van der Waals surface area contributed by atoms with E-state index >= 15 is 0 Å². The van der Waals surface area contributed by atoms with Gasteiger partial charge in [-0.05, 0) is 37.6 Å². The fourth-order valence-corrected chi connectivity index (χ4v) is 1.93. The highest BCUT2D eigenvalue weighted by atomic mass is 16.5. The van der Waals surface area contributed by atoms with Gasteiger partial charge in [-0.1, -0.05) is 6.07 Å². The first kappa shape index (κ1) is 14.1. The second-order valence-electron chi connectivity index (χ2n) is 4.54. The summed E-state index contributed by atoms with van der Waals surface area (Å²) in [5.74, 6) is 0.603. The van der Waals surface area contributed by atoms with E-state index in [0.717, 1.165) is 18.7 Å². The van der Waals surface area contributed by atoms with Gasteiger partial charge in [0.25, 0.3) is 5.91 Å². The molecule has 0 fully saturated rings. The van der Waals surface area contributed by atoms with E-state index in [9.17, 15) is 4.79 Å². The minimum Gasteiger partial charge on any atom is -0.497 e. The molecule has 0 saturated carbocycles. The Morgan fingerprint density at radius 3 is 2.95 bits per heavy atom. The number of carbonyl (C=O) groups excluding carboxylic acids is 1. The third kappa shape index (κ3) is 3.60. The Bertz CT molecular complexity index is 578. The lowest BCUT2D eigenvalue weighted by molar-refractivity contribution is 0.0952. The highest BCUT2D eigenvalue weighted by molar-refractivity contribution is 5.94. The number of benzene rings is 1. The molecule has 2 aromatic rings. The van der Waals surface area contributed by atoms with Gasteiger partial charge in [-0.3, -0.25) is 9.48 Å². The number of aromatic nitrogens is 2. The lowest BCUT2D eigenvalue weighted by Gasteiger charge is -2.07. The molecule has 0 aliphatic heterocycles. The van der Waals surface area contributed by atoms with E-state index in [0.29, 0.717) is 17.9 Å². The van der Waals surface area contributed by atoms with Gasteiger partial charge in [0.15, 0.2) is 0 Å². The first-order valence-electron chi connectivity index (χ1n) is 6.61. The van der Waals surface area contributed by atoms with Crippen LogP contribution in [0.5, 0.6) is 5.75 Å². The molecule has 0 saturated heterocycles. The van der Waals surface area contributed by atoms with Crippen molar-refractivity contribution < 1.29 is 9.53 Å². The molecule has 20 heavy (non-hydrogen) atoms. The lowest BCUT2D eigenvalue weighted by atomic mass is 10.2. The summed E-state index contributed by atoms with van der Waals surface area (Å²) < 4.78 is 7.03. The van der Waals surface area contributed by atoms with Crippen LogP contribution in [0.2, 0.25) is 0 Å². The van der Waals surface area contributed by atoms with Gasteiger partial charge < -0.3 is 10.1 Å². The molecular formula is C15H19N3O2. The Morgan fingerprint density at radius 1 is 1.40 bits per heavy atom. The minimum absolute atomic E-state index is 0.0823. The van der Waals surface area contributed by atoms with Crippen molar-refractivity contribution >= 4 is 5.91 Å². The fraction of sp³-hybridized carbons (Fsp3) is 0.333. The number of nitrogens with zero attached hydrogens (tertiary/aromatic N) is 2. The van der Waals surface area contributed by atoms with Gasteiger partial charge in [0.1, 0.15) is 5.75 Å². The van der Waals surface area contributed by atoms with Crippen molar-refractivity contribution in [1.29, 1.82) is 0 Å². The van der Waals surface area contributed by atoms with Crippen molar-refractivity contribution in [2.45, 2.75) is 19.9 Å². The van der Waals surface area contributed by atoms with E-state index in [4.69, 9.17) is 4.74 Å². The Morgan fingerprint density at radius 2 is 2.25 bits per heavy atom. The van der Waals surface area contributed by atoms with E-state index < -0.39 is 0 Å². The van der Waals surface area contributed by atoms with E-state index in [2.05, 4.69) is 10.4 Å². The largest absolute Gasteiger partial charge is 0.497 e. The van der Waals surface area contributed by atoms with Crippen LogP contribution in [0.3, 0.4) is 0 Å². The first-order valence-corrected chi connectivity index (χ1v) is 6.61. The smallest absolute Gasteiger partial charge is 0.251 e. The van der Waals surface area contributed by atoms with Gasteiger partial charge in [0.05, 0.1) is 7.11 Å². The van der Waals surface area contributed by atoms with E-state index in [1.807, 2.05) is 23.7 Å². The molecular weight excluding hydrogens is 254 g/mol. The maximum absolute atomic E-state index is 12.0. The molecule has 5 nitrogen and oxygen atoms in total. The van der Waals surface area contributed by atoms with Crippen LogP contribution in [0, 0.1) is 6.92 Å². The normalized spacial score (nSPS) is 10.3. The van der Waals surface area contributed by atoms with Gasteiger partial charge in [-0.2, -0.15) is 5.10 Å². The molecule has 0 bridgehead atoms. The number of carbonyl (C=O) groups is 1. The summed E-state index contributed by atoms with van der Waals surface area (Å²) in [5.41, 5.74) is 1.74. The second kappa shape index (κ2) is 6.75. The number of methoxy groups -OCH3 is 1. The summed E-state index contributed by atoms with van der Waals surface area (Å²) in [6.07, 6.45) is 2.63. The summed E-state index contributed by atoms with van der Waals surface area (Å²) in [7, 11) is 1.59. The van der Waals surface area contributed by atoms with E-state index in [1.54, 1.807) is 31.5 Å². The van der Waals surface area contributed by atoms with Gasteiger partial charge in [0.2, 0.25) is 0 Å². The van der Waals surface area contributed by atoms with Crippen molar-refractivity contribution in [2.75, 3.05) is 13.7 Å². The average Bonchev–Trinajstić information content (AvgIpc) is 2.89. The molecule has 106 valence electrons. The van der Waals surface area contributed by atoms with Crippen LogP contribution >= 0.6 is 0 Å². The summed E-state index contributed by atoms with van der Waals surface area (Å²) in [4.78, 5) is 12.0. The summed E-state index contributed by atoms with van der Waals surface area (Å²) in [5, 5.41) is 7.10. The van der Waals surface area contributed by atoms with Crippen LogP contribution in [0.1, 0.15) is 22.5 Å². The molecule has 5 heteroatoms. The predicted octanol–water partition coefficient (Wildman–Crippen LogP) is 2.02. The van der Waals surface area contributed by atoms with Gasteiger partial charge in [-0.25, -0.2) is 0 Å².